The third-order valence-corrected chi connectivity index (χ3v) is 5.42. The van der Waals surface area contributed by atoms with Gasteiger partial charge >= 0.3 is 0 Å². The maximum absolute atomic E-state index is 13.2. The number of likely N-dealkylation sites (tertiary alicyclic amines) is 1. The fraction of sp³-hybridized carbons (Fsp3) is 0.938. The van der Waals surface area contributed by atoms with E-state index in [9.17, 15) is 9.90 Å². The molecule has 1 amide bonds. The summed E-state index contributed by atoms with van der Waals surface area (Å²) in [4.78, 5) is 17.5. The number of amides is 1. The van der Waals surface area contributed by atoms with Gasteiger partial charge in [-0.1, -0.05) is 6.92 Å². The van der Waals surface area contributed by atoms with E-state index in [4.69, 9.17) is 0 Å². The molecule has 0 spiro atoms. The van der Waals surface area contributed by atoms with Crippen molar-refractivity contribution >= 4 is 5.91 Å². The first-order valence-electron chi connectivity index (χ1n) is 8.44. The van der Waals surface area contributed by atoms with Crippen LogP contribution in [0.15, 0.2) is 0 Å². The van der Waals surface area contributed by atoms with Crippen LogP contribution < -0.4 is 5.32 Å². The number of carbonyl (C=O) groups excluding carboxylic acids is 1. The quantitative estimate of drug-likeness (QED) is 0.784. The van der Waals surface area contributed by atoms with E-state index in [1.807, 2.05) is 4.90 Å². The van der Waals surface area contributed by atoms with Crippen LogP contribution in [0.25, 0.3) is 0 Å². The van der Waals surface area contributed by atoms with Gasteiger partial charge in [0.25, 0.3) is 0 Å². The lowest BCUT2D eigenvalue weighted by Crippen LogP contribution is -2.55. The van der Waals surface area contributed by atoms with Crippen molar-refractivity contribution in [3.05, 3.63) is 0 Å². The van der Waals surface area contributed by atoms with Crippen LogP contribution in [0.2, 0.25) is 0 Å². The van der Waals surface area contributed by atoms with Crippen LogP contribution in [0.3, 0.4) is 0 Å². The SMILES string of the molecule is CCC1(C(=O)N(CCO)C2CCN(C)CC2)CCNCC1. The lowest BCUT2D eigenvalue weighted by molar-refractivity contribution is -0.148. The van der Waals surface area contributed by atoms with Crippen molar-refractivity contribution < 1.29 is 9.90 Å². The fourth-order valence-electron chi connectivity index (χ4n) is 3.79. The largest absolute Gasteiger partial charge is 0.395 e. The molecule has 2 fully saturated rings. The second kappa shape index (κ2) is 7.56. The molecule has 0 bridgehead atoms. The summed E-state index contributed by atoms with van der Waals surface area (Å²) in [5, 5.41) is 12.8. The van der Waals surface area contributed by atoms with Crippen LogP contribution in [0.5, 0.6) is 0 Å². The molecule has 122 valence electrons. The monoisotopic (exact) mass is 297 g/mol. The molecule has 21 heavy (non-hydrogen) atoms. The zero-order valence-electron chi connectivity index (χ0n) is 13.6. The van der Waals surface area contributed by atoms with Crippen LogP contribution in [-0.2, 0) is 4.79 Å². The summed E-state index contributed by atoms with van der Waals surface area (Å²) in [5.74, 6) is 0.287. The van der Waals surface area contributed by atoms with E-state index in [0.717, 1.165) is 58.3 Å². The normalized spacial score (nSPS) is 24.0. The number of nitrogens with zero attached hydrogens (tertiary/aromatic N) is 2. The fourth-order valence-corrected chi connectivity index (χ4v) is 3.79. The van der Waals surface area contributed by atoms with Crippen LogP contribution in [-0.4, -0.2) is 73.2 Å². The molecule has 0 aliphatic carbocycles. The number of piperidine rings is 2. The van der Waals surface area contributed by atoms with E-state index < -0.39 is 0 Å². The summed E-state index contributed by atoms with van der Waals surface area (Å²) >= 11 is 0. The van der Waals surface area contributed by atoms with Crippen molar-refractivity contribution in [3.8, 4) is 0 Å². The van der Waals surface area contributed by atoms with Crippen LogP contribution in [0.1, 0.15) is 39.0 Å². The van der Waals surface area contributed by atoms with E-state index in [1.165, 1.54) is 0 Å². The number of hydrogen-bond acceptors (Lipinski definition) is 4. The van der Waals surface area contributed by atoms with Crippen molar-refractivity contribution in [1.82, 2.24) is 15.1 Å². The van der Waals surface area contributed by atoms with E-state index in [2.05, 4.69) is 24.2 Å². The molecule has 2 aliphatic heterocycles. The highest BCUT2D eigenvalue weighted by molar-refractivity contribution is 5.83. The van der Waals surface area contributed by atoms with Gasteiger partial charge in [0.15, 0.2) is 0 Å². The van der Waals surface area contributed by atoms with Gasteiger partial charge in [0.05, 0.1) is 12.0 Å². The Bertz CT molecular complexity index is 334. The summed E-state index contributed by atoms with van der Waals surface area (Å²) in [7, 11) is 2.13. The summed E-state index contributed by atoms with van der Waals surface area (Å²) in [6.45, 7) is 6.63. The molecule has 2 rings (SSSR count). The molecule has 0 aromatic heterocycles. The molecule has 5 heteroatoms. The minimum Gasteiger partial charge on any atom is -0.395 e. The number of rotatable bonds is 5. The lowest BCUT2D eigenvalue weighted by atomic mass is 9.75. The Morgan fingerprint density at radius 3 is 2.48 bits per heavy atom. The minimum atomic E-state index is -0.205. The molecule has 0 atom stereocenters. The average Bonchev–Trinajstić information content (AvgIpc) is 2.53. The van der Waals surface area contributed by atoms with Gasteiger partial charge in [0.2, 0.25) is 5.91 Å². The lowest BCUT2D eigenvalue weighted by Gasteiger charge is -2.44. The smallest absolute Gasteiger partial charge is 0.229 e. The van der Waals surface area contributed by atoms with E-state index >= 15 is 0 Å². The van der Waals surface area contributed by atoms with Crippen molar-refractivity contribution in [2.45, 2.75) is 45.1 Å². The van der Waals surface area contributed by atoms with Crippen LogP contribution in [0.4, 0.5) is 0 Å². The molecule has 0 saturated carbocycles. The molecule has 5 nitrogen and oxygen atoms in total. The maximum Gasteiger partial charge on any atom is 0.229 e. The van der Waals surface area contributed by atoms with Gasteiger partial charge in [-0.2, -0.15) is 0 Å². The Kier molecular flexibility index (Phi) is 6.02. The first kappa shape index (κ1) is 16.7. The van der Waals surface area contributed by atoms with Gasteiger partial charge in [-0.25, -0.2) is 0 Å². The highest BCUT2D eigenvalue weighted by Gasteiger charge is 2.42. The number of hydrogen-bond donors (Lipinski definition) is 2. The summed E-state index contributed by atoms with van der Waals surface area (Å²) in [5.41, 5.74) is -0.205. The van der Waals surface area contributed by atoms with E-state index in [0.29, 0.717) is 12.6 Å². The van der Waals surface area contributed by atoms with Gasteiger partial charge in [0, 0.05) is 12.6 Å². The Morgan fingerprint density at radius 1 is 1.33 bits per heavy atom. The first-order valence-corrected chi connectivity index (χ1v) is 8.44. The topological polar surface area (TPSA) is 55.8 Å². The molecular formula is C16H31N3O2. The highest BCUT2D eigenvalue weighted by Crippen LogP contribution is 2.36. The van der Waals surface area contributed by atoms with Crippen molar-refractivity contribution in [2.24, 2.45) is 5.41 Å². The predicted molar refractivity (Wildman–Crippen MR) is 84.1 cm³/mol. The molecule has 0 aromatic carbocycles. The maximum atomic E-state index is 13.2. The van der Waals surface area contributed by atoms with Crippen molar-refractivity contribution in [3.63, 3.8) is 0 Å². The summed E-state index contributed by atoms with van der Waals surface area (Å²) in [6.07, 6.45) is 4.82. The van der Waals surface area contributed by atoms with Gasteiger partial charge < -0.3 is 20.2 Å². The Labute approximate surface area is 128 Å². The van der Waals surface area contributed by atoms with Crippen molar-refractivity contribution in [2.75, 3.05) is 46.4 Å². The Morgan fingerprint density at radius 2 is 1.95 bits per heavy atom. The van der Waals surface area contributed by atoms with E-state index in [-0.39, 0.29) is 17.9 Å². The summed E-state index contributed by atoms with van der Waals surface area (Å²) < 4.78 is 0. The zero-order valence-corrected chi connectivity index (χ0v) is 13.6. The minimum absolute atomic E-state index is 0.0656. The van der Waals surface area contributed by atoms with Crippen molar-refractivity contribution in [1.29, 1.82) is 0 Å². The number of aliphatic hydroxyl groups is 1. The molecular weight excluding hydrogens is 266 g/mol. The second-order valence-corrected chi connectivity index (χ2v) is 6.64. The molecule has 0 unspecified atom stereocenters. The predicted octanol–water partition coefficient (Wildman–Crippen LogP) is 0.681. The van der Waals surface area contributed by atoms with Gasteiger partial charge in [-0.05, 0) is 65.3 Å². The number of aliphatic hydroxyl groups excluding tert-OH is 1. The average molecular weight is 297 g/mol. The molecule has 2 heterocycles. The van der Waals surface area contributed by atoms with Crippen LogP contribution >= 0.6 is 0 Å². The second-order valence-electron chi connectivity index (χ2n) is 6.64. The molecule has 2 N–H and O–H groups in total. The third kappa shape index (κ3) is 3.76. The van der Waals surface area contributed by atoms with Gasteiger partial charge in [-0.15, -0.1) is 0 Å². The molecule has 0 aromatic rings. The van der Waals surface area contributed by atoms with E-state index in [1.54, 1.807) is 0 Å². The molecule has 2 aliphatic rings. The Hall–Kier alpha value is -0.650. The zero-order chi connectivity index (χ0) is 15.3. The van der Waals surface area contributed by atoms with Crippen LogP contribution in [0, 0.1) is 5.41 Å². The highest BCUT2D eigenvalue weighted by atomic mass is 16.3. The Balaban J connectivity index is 2.10. The molecule has 2 saturated heterocycles. The number of carbonyl (C=O) groups is 1. The van der Waals surface area contributed by atoms with Gasteiger partial charge in [0.1, 0.15) is 0 Å². The molecule has 0 radical (unpaired) electrons. The summed E-state index contributed by atoms with van der Waals surface area (Å²) in [6, 6.07) is 0.305. The third-order valence-electron chi connectivity index (χ3n) is 5.42. The van der Waals surface area contributed by atoms with Gasteiger partial charge in [-0.3, -0.25) is 4.79 Å². The first-order chi connectivity index (χ1) is 10.1. The standard InChI is InChI=1S/C16H31N3O2/c1-3-16(6-8-17-9-7-16)15(21)19(12-13-20)14-4-10-18(2)11-5-14/h14,17,20H,3-13H2,1-2H3. The number of nitrogens with one attached hydrogen (secondary N) is 1.